The molecule has 0 radical (unpaired) electrons. The normalized spacial score (nSPS) is 19.5. The molecule has 1 N–H and O–H groups in total. The summed E-state index contributed by atoms with van der Waals surface area (Å²) in [5.41, 5.74) is 3.66. The maximum absolute atomic E-state index is 13.2. The highest BCUT2D eigenvalue weighted by Gasteiger charge is 2.31. The summed E-state index contributed by atoms with van der Waals surface area (Å²) < 4.78 is 0. The van der Waals surface area contributed by atoms with E-state index >= 15 is 0 Å². The quantitative estimate of drug-likeness (QED) is 0.745. The summed E-state index contributed by atoms with van der Waals surface area (Å²) in [4.78, 5) is 20.1. The summed E-state index contributed by atoms with van der Waals surface area (Å²) in [6, 6.07) is 16.1. The van der Waals surface area contributed by atoms with Gasteiger partial charge >= 0.3 is 0 Å². The third-order valence-corrected chi connectivity index (χ3v) is 6.79. The molecular weight excluding hydrogens is 386 g/mol. The Morgan fingerprint density at radius 1 is 1.03 bits per heavy atom. The number of piperidine rings is 1. The lowest BCUT2D eigenvalue weighted by Gasteiger charge is -2.39. The number of nitrogens with zero attached hydrogens (tertiary/aromatic N) is 3. The van der Waals surface area contributed by atoms with Gasteiger partial charge in [-0.15, -0.1) is 0 Å². The lowest BCUT2D eigenvalue weighted by atomic mass is 9.95. The number of hydrogen-bond acceptors (Lipinski definition) is 4. The Morgan fingerprint density at radius 3 is 2.35 bits per heavy atom. The molecule has 2 aromatic rings. The predicted octanol–water partition coefficient (Wildman–Crippen LogP) is 3.28. The molecule has 1 saturated heterocycles. The van der Waals surface area contributed by atoms with Crippen molar-refractivity contribution < 1.29 is 9.90 Å². The van der Waals surface area contributed by atoms with Gasteiger partial charge in [0.05, 0.1) is 0 Å². The molecule has 5 heteroatoms. The van der Waals surface area contributed by atoms with Crippen molar-refractivity contribution in [3.63, 3.8) is 0 Å². The van der Waals surface area contributed by atoms with E-state index in [4.69, 9.17) is 0 Å². The first-order valence-corrected chi connectivity index (χ1v) is 11.5. The molecule has 4 rings (SSSR count). The van der Waals surface area contributed by atoms with Gasteiger partial charge in [0, 0.05) is 37.8 Å². The smallest absolute Gasteiger partial charge is 0.253 e. The first-order chi connectivity index (χ1) is 15.0. The first-order valence-electron chi connectivity index (χ1n) is 11.5. The molecule has 31 heavy (non-hydrogen) atoms. The Kier molecular flexibility index (Phi) is 6.93. The second-order valence-corrected chi connectivity index (χ2v) is 9.44. The third kappa shape index (κ3) is 5.46. The van der Waals surface area contributed by atoms with Crippen LogP contribution in [0.15, 0.2) is 48.5 Å². The molecule has 0 spiro atoms. The molecule has 166 valence electrons. The van der Waals surface area contributed by atoms with Crippen LogP contribution < -0.4 is 0 Å². The number of benzene rings is 2. The van der Waals surface area contributed by atoms with E-state index in [1.807, 2.05) is 19.0 Å². The van der Waals surface area contributed by atoms with Gasteiger partial charge in [0.25, 0.3) is 5.91 Å². The van der Waals surface area contributed by atoms with Crippen molar-refractivity contribution >= 4 is 5.91 Å². The van der Waals surface area contributed by atoms with Crippen LogP contribution in [0, 0.1) is 5.92 Å². The van der Waals surface area contributed by atoms with Crippen molar-refractivity contribution in [1.82, 2.24) is 14.7 Å². The van der Waals surface area contributed by atoms with E-state index in [0.29, 0.717) is 17.5 Å². The zero-order valence-corrected chi connectivity index (χ0v) is 18.8. The lowest BCUT2D eigenvalue weighted by molar-refractivity contribution is 0.0630. The van der Waals surface area contributed by atoms with Crippen LogP contribution in [0.3, 0.4) is 0 Å². The van der Waals surface area contributed by atoms with Gasteiger partial charge in [-0.1, -0.05) is 24.3 Å². The minimum atomic E-state index is 0.0623. The zero-order valence-electron chi connectivity index (χ0n) is 18.8. The van der Waals surface area contributed by atoms with E-state index in [0.717, 1.165) is 39.0 Å². The Hall–Kier alpha value is -2.37. The van der Waals surface area contributed by atoms with Crippen molar-refractivity contribution in [2.45, 2.75) is 31.7 Å². The van der Waals surface area contributed by atoms with E-state index in [2.05, 4.69) is 34.1 Å². The van der Waals surface area contributed by atoms with Crippen molar-refractivity contribution in [3.05, 3.63) is 65.2 Å². The molecule has 5 nitrogen and oxygen atoms in total. The first kappa shape index (κ1) is 21.8. The second kappa shape index (κ2) is 9.84. The monoisotopic (exact) mass is 421 g/mol. The van der Waals surface area contributed by atoms with Crippen LogP contribution in [0.5, 0.6) is 5.75 Å². The summed E-state index contributed by atoms with van der Waals surface area (Å²) in [6.45, 7) is 4.60. The van der Waals surface area contributed by atoms with Crippen LogP contribution in [-0.4, -0.2) is 78.6 Å². The summed E-state index contributed by atoms with van der Waals surface area (Å²) in [5.74, 6) is 0.754. The van der Waals surface area contributed by atoms with Crippen LogP contribution in [0.2, 0.25) is 0 Å². The highest BCUT2D eigenvalue weighted by molar-refractivity contribution is 5.94. The molecule has 0 bridgehead atoms. The lowest BCUT2D eigenvalue weighted by Crippen LogP contribution is -2.48. The van der Waals surface area contributed by atoms with Crippen molar-refractivity contribution in [1.29, 1.82) is 0 Å². The fourth-order valence-corrected chi connectivity index (χ4v) is 5.07. The largest absolute Gasteiger partial charge is 0.508 e. The fraction of sp³-hybridized carbons (Fsp3) is 0.500. The average molecular weight is 422 g/mol. The number of fused-ring (bicyclic) bond motifs is 1. The number of carbonyl (C=O) groups excluding carboxylic acids is 1. The molecule has 2 aliphatic rings. The number of phenols is 1. The van der Waals surface area contributed by atoms with E-state index in [-0.39, 0.29) is 11.7 Å². The molecule has 1 amide bonds. The summed E-state index contributed by atoms with van der Waals surface area (Å²) in [5, 5.41) is 9.58. The van der Waals surface area contributed by atoms with Crippen molar-refractivity contribution in [2.75, 3.05) is 46.8 Å². The van der Waals surface area contributed by atoms with E-state index < -0.39 is 0 Å². The molecule has 0 aromatic heterocycles. The minimum Gasteiger partial charge on any atom is -0.508 e. The van der Waals surface area contributed by atoms with Gasteiger partial charge in [0.15, 0.2) is 0 Å². The third-order valence-electron chi connectivity index (χ3n) is 6.79. The van der Waals surface area contributed by atoms with Gasteiger partial charge in [-0.05, 0) is 87.6 Å². The molecule has 0 saturated carbocycles. The van der Waals surface area contributed by atoms with Crippen LogP contribution in [0.1, 0.15) is 34.3 Å². The van der Waals surface area contributed by atoms with Gasteiger partial charge in [-0.25, -0.2) is 0 Å². The topological polar surface area (TPSA) is 47.0 Å². The molecule has 2 aromatic carbocycles. The van der Waals surface area contributed by atoms with Crippen LogP contribution in [0.25, 0.3) is 0 Å². The van der Waals surface area contributed by atoms with E-state index in [9.17, 15) is 9.90 Å². The van der Waals surface area contributed by atoms with Crippen LogP contribution in [0.4, 0.5) is 0 Å². The Labute approximate surface area is 186 Å². The van der Waals surface area contributed by atoms with E-state index in [1.54, 1.807) is 24.3 Å². The van der Waals surface area contributed by atoms with E-state index in [1.165, 1.54) is 30.5 Å². The number of rotatable bonds is 7. The molecule has 1 unspecified atom stereocenters. The van der Waals surface area contributed by atoms with Crippen molar-refractivity contribution in [3.8, 4) is 5.75 Å². The van der Waals surface area contributed by atoms with Crippen molar-refractivity contribution in [2.24, 2.45) is 5.92 Å². The van der Waals surface area contributed by atoms with Gasteiger partial charge in [-0.2, -0.15) is 0 Å². The molecule has 1 aliphatic heterocycles. The Balaban J connectivity index is 1.41. The highest BCUT2D eigenvalue weighted by atomic mass is 16.3. The summed E-state index contributed by atoms with van der Waals surface area (Å²) >= 11 is 0. The second-order valence-electron chi connectivity index (χ2n) is 9.44. The van der Waals surface area contributed by atoms with Crippen LogP contribution >= 0.6 is 0 Å². The molecule has 1 heterocycles. The standard InChI is InChI=1S/C26H35N3O2/c1-27(2)14-15-29(26(31)21-9-11-25(30)12-10-21)19-20-6-5-13-28(18-20)24-16-22-7-3-4-8-23(22)17-24/h3-4,7-12,20,24,30H,5-6,13-19H2,1-2H3. The average Bonchev–Trinajstić information content (AvgIpc) is 3.21. The van der Waals surface area contributed by atoms with Crippen LogP contribution in [-0.2, 0) is 12.8 Å². The summed E-state index contributed by atoms with van der Waals surface area (Å²) in [7, 11) is 4.09. The SMILES string of the molecule is CN(C)CCN(CC1CCCN(C2Cc3ccccc3C2)C1)C(=O)c1ccc(O)cc1. The van der Waals surface area contributed by atoms with Gasteiger partial charge in [0.2, 0.25) is 0 Å². The number of amides is 1. The number of hydrogen-bond donors (Lipinski definition) is 1. The maximum Gasteiger partial charge on any atom is 0.253 e. The fourth-order valence-electron chi connectivity index (χ4n) is 5.07. The van der Waals surface area contributed by atoms with Gasteiger partial charge < -0.3 is 14.9 Å². The number of aromatic hydroxyl groups is 1. The molecule has 1 aliphatic carbocycles. The number of likely N-dealkylation sites (tertiary alicyclic amines) is 1. The zero-order chi connectivity index (χ0) is 21.8. The van der Waals surface area contributed by atoms with Gasteiger partial charge in [-0.3, -0.25) is 9.69 Å². The number of carbonyl (C=O) groups is 1. The number of phenolic OH excluding ortho intramolecular Hbond substituents is 1. The predicted molar refractivity (Wildman–Crippen MR) is 124 cm³/mol. The van der Waals surface area contributed by atoms with Gasteiger partial charge in [0.1, 0.15) is 5.75 Å². The Bertz CT molecular complexity index is 855. The molecule has 1 atom stereocenters. The Morgan fingerprint density at radius 2 is 1.71 bits per heavy atom. The number of likely N-dealkylation sites (N-methyl/N-ethyl adjacent to an activating group) is 1. The molecular formula is C26H35N3O2. The maximum atomic E-state index is 13.2. The minimum absolute atomic E-state index is 0.0623. The summed E-state index contributed by atoms with van der Waals surface area (Å²) in [6.07, 6.45) is 4.68. The highest BCUT2D eigenvalue weighted by Crippen LogP contribution is 2.29. The molecule has 1 fully saturated rings.